The lowest BCUT2D eigenvalue weighted by atomic mass is 10.1. The van der Waals surface area contributed by atoms with Crippen molar-refractivity contribution in [2.45, 2.75) is 39.3 Å². The molecular formula is C10H17N3O. The summed E-state index contributed by atoms with van der Waals surface area (Å²) in [5.74, 6) is 0.423. The second-order valence-corrected chi connectivity index (χ2v) is 3.30. The Kier molecular flexibility index (Phi) is 3.83. The molecule has 1 aromatic heterocycles. The summed E-state index contributed by atoms with van der Waals surface area (Å²) in [6.07, 6.45) is 5.07. The summed E-state index contributed by atoms with van der Waals surface area (Å²) in [6, 6.07) is -0.410. The van der Waals surface area contributed by atoms with Crippen molar-refractivity contribution in [3.05, 3.63) is 18.2 Å². The van der Waals surface area contributed by atoms with Gasteiger partial charge in [0.15, 0.2) is 5.82 Å². The highest BCUT2D eigenvalue weighted by atomic mass is 16.1. The molecule has 2 N–H and O–H groups in total. The minimum absolute atomic E-state index is 0.0568. The highest BCUT2D eigenvalue weighted by Gasteiger charge is 2.18. The smallest absolute Gasteiger partial charge is 0.214 e. The second kappa shape index (κ2) is 4.91. The van der Waals surface area contributed by atoms with Crippen LogP contribution >= 0.6 is 0 Å². The molecule has 4 nitrogen and oxygen atoms in total. The first kappa shape index (κ1) is 10.9. The van der Waals surface area contributed by atoms with E-state index in [2.05, 4.69) is 4.98 Å². The third kappa shape index (κ3) is 2.20. The Balaban J connectivity index is 2.78. The monoisotopic (exact) mass is 195 g/mol. The molecule has 14 heavy (non-hydrogen) atoms. The number of ketones is 1. The molecule has 1 rings (SSSR count). The molecule has 0 aliphatic carbocycles. The summed E-state index contributed by atoms with van der Waals surface area (Å²) >= 11 is 0. The van der Waals surface area contributed by atoms with Crippen LogP contribution in [0.25, 0.3) is 0 Å². The zero-order valence-corrected chi connectivity index (χ0v) is 8.73. The van der Waals surface area contributed by atoms with E-state index < -0.39 is 6.04 Å². The molecule has 1 atom stereocenters. The van der Waals surface area contributed by atoms with Crippen molar-refractivity contribution in [3.8, 4) is 0 Å². The molecule has 0 aliphatic rings. The van der Waals surface area contributed by atoms with E-state index in [4.69, 9.17) is 5.73 Å². The average Bonchev–Trinajstić information content (AvgIpc) is 2.64. The minimum Gasteiger partial charge on any atom is -0.329 e. The highest BCUT2D eigenvalue weighted by molar-refractivity contribution is 5.96. The van der Waals surface area contributed by atoms with Crippen molar-refractivity contribution < 1.29 is 4.79 Å². The molecule has 0 radical (unpaired) electrons. The zero-order valence-electron chi connectivity index (χ0n) is 8.73. The molecule has 0 aromatic carbocycles. The molecule has 78 valence electrons. The van der Waals surface area contributed by atoms with E-state index in [1.54, 1.807) is 12.4 Å². The number of nitrogens with two attached hydrogens (primary N) is 1. The van der Waals surface area contributed by atoms with Crippen molar-refractivity contribution in [1.82, 2.24) is 9.55 Å². The molecular weight excluding hydrogens is 178 g/mol. The van der Waals surface area contributed by atoms with Gasteiger partial charge in [-0.1, -0.05) is 13.3 Å². The van der Waals surface area contributed by atoms with Gasteiger partial charge in [0.05, 0.1) is 6.04 Å². The van der Waals surface area contributed by atoms with Gasteiger partial charge in [0.2, 0.25) is 5.78 Å². The Morgan fingerprint density at radius 1 is 1.64 bits per heavy atom. The van der Waals surface area contributed by atoms with E-state index in [0.717, 1.165) is 19.4 Å². The van der Waals surface area contributed by atoms with E-state index in [0.29, 0.717) is 5.82 Å². The van der Waals surface area contributed by atoms with Gasteiger partial charge in [-0.2, -0.15) is 0 Å². The lowest BCUT2D eigenvalue weighted by Gasteiger charge is -2.09. The highest BCUT2D eigenvalue weighted by Crippen LogP contribution is 2.04. The molecule has 0 saturated carbocycles. The van der Waals surface area contributed by atoms with Gasteiger partial charge in [-0.3, -0.25) is 4.79 Å². The van der Waals surface area contributed by atoms with Crippen LogP contribution in [0.5, 0.6) is 0 Å². The van der Waals surface area contributed by atoms with Crippen LogP contribution in [0.4, 0.5) is 0 Å². The Bertz CT molecular complexity index is 306. The van der Waals surface area contributed by atoms with Crippen LogP contribution < -0.4 is 5.73 Å². The molecule has 0 bridgehead atoms. The molecule has 1 unspecified atom stereocenters. The van der Waals surface area contributed by atoms with E-state index in [1.807, 2.05) is 18.4 Å². The number of aryl methyl sites for hydroxylation is 1. The van der Waals surface area contributed by atoms with Crippen LogP contribution in [0.1, 0.15) is 37.3 Å². The number of carbonyl (C=O) groups excluding carboxylic acids is 1. The summed E-state index contributed by atoms with van der Waals surface area (Å²) in [4.78, 5) is 15.8. The maximum absolute atomic E-state index is 11.8. The van der Waals surface area contributed by atoms with Crippen LogP contribution in [-0.4, -0.2) is 21.4 Å². The van der Waals surface area contributed by atoms with Crippen LogP contribution in [-0.2, 0) is 6.54 Å². The molecule has 0 fully saturated rings. The number of carbonyl (C=O) groups is 1. The number of aromatic nitrogens is 2. The summed E-state index contributed by atoms with van der Waals surface area (Å²) < 4.78 is 1.82. The van der Waals surface area contributed by atoms with Gasteiger partial charge in [0.1, 0.15) is 0 Å². The Labute approximate surface area is 84.1 Å². The van der Waals surface area contributed by atoms with Gasteiger partial charge in [0, 0.05) is 18.9 Å². The van der Waals surface area contributed by atoms with Crippen molar-refractivity contribution in [1.29, 1.82) is 0 Å². The molecule has 1 heterocycles. The fourth-order valence-corrected chi connectivity index (χ4v) is 1.40. The fraction of sp³-hybridized carbons (Fsp3) is 0.600. The SMILES string of the molecule is CCCC(N)C(=O)c1nccn1CC. The van der Waals surface area contributed by atoms with Crippen molar-refractivity contribution >= 4 is 5.78 Å². The molecule has 0 amide bonds. The van der Waals surface area contributed by atoms with Gasteiger partial charge in [0.25, 0.3) is 0 Å². The maximum Gasteiger partial charge on any atom is 0.214 e. The number of Topliss-reactive ketones (excluding diaryl/α,β-unsaturated/α-hetero) is 1. The number of hydrogen-bond donors (Lipinski definition) is 1. The van der Waals surface area contributed by atoms with E-state index >= 15 is 0 Å². The lowest BCUT2D eigenvalue weighted by Crippen LogP contribution is -2.32. The standard InChI is InChI=1S/C10H17N3O/c1-3-5-8(11)9(14)10-12-6-7-13(10)4-2/h6-8H,3-5,11H2,1-2H3. The molecule has 0 spiro atoms. The predicted molar refractivity (Wildman–Crippen MR) is 55.1 cm³/mol. The van der Waals surface area contributed by atoms with Gasteiger partial charge < -0.3 is 10.3 Å². The summed E-state index contributed by atoms with van der Waals surface area (Å²) in [5, 5.41) is 0. The molecule has 4 heteroatoms. The van der Waals surface area contributed by atoms with Crippen LogP contribution in [0.3, 0.4) is 0 Å². The minimum atomic E-state index is -0.410. The third-order valence-electron chi connectivity index (χ3n) is 2.21. The van der Waals surface area contributed by atoms with Gasteiger partial charge in [-0.25, -0.2) is 4.98 Å². The molecule has 0 saturated heterocycles. The van der Waals surface area contributed by atoms with Crippen LogP contribution in [0, 0.1) is 0 Å². The van der Waals surface area contributed by atoms with E-state index in [9.17, 15) is 4.79 Å². The predicted octanol–water partition coefficient (Wildman–Crippen LogP) is 1.21. The number of rotatable bonds is 5. The Morgan fingerprint density at radius 3 is 2.93 bits per heavy atom. The second-order valence-electron chi connectivity index (χ2n) is 3.30. The zero-order chi connectivity index (χ0) is 10.6. The first-order valence-electron chi connectivity index (χ1n) is 5.01. The van der Waals surface area contributed by atoms with Gasteiger partial charge in [-0.15, -0.1) is 0 Å². The average molecular weight is 195 g/mol. The lowest BCUT2D eigenvalue weighted by molar-refractivity contribution is 0.0942. The largest absolute Gasteiger partial charge is 0.329 e. The third-order valence-corrected chi connectivity index (χ3v) is 2.21. The van der Waals surface area contributed by atoms with E-state index in [-0.39, 0.29) is 5.78 Å². The summed E-state index contributed by atoms with van der Waals surface area (Å²) in [7, 11) is 0. The Morgan fingerprint density at radius 2 is 2.36 bits per heavy atom. The quantitative estimate of drug-likeness (QED) is 0.718. The normalized spacial score (nSPS) is 12.8. The van der Waals surface area contributed by atoms with Crippen LogP contribution in [0.15, 0.2) is 12.4 Å². The fourth-order valence-electron chi connectivity index (χ4n) is 1.40. The topological polar surface area (TPSA) is 60.9 Å². The van der Waals surface area contributed by atoms with Crippen molar-refractivity contribution in [3.63, 3.8) is 0 Å². The van der Waals surface area contributed by atoms with Crippen molar-refractivity contribution in [2.75, 3.05) is 0 Å². The number of imidazole rings is 1. The molecule has 1 aromatic rings. The van der Waals surface area contributed by atoms with E-state index in [1.165, 1.54) is 0 Å². The summed E-state index contributed by atoms with van der Waals surface area (Å²) in [5.41, 5.74) is 5.74. The molecule has 0 aliphatic heterocycles. The first-order valence-corrected chi connectivity index (χ1v) is 5.01. The number of hydrogen-bond acceptors (Lipinski definition) is 3. The van der Waals surface area contributed by atoms with Gasteiger partial charge in [-0.05, 0) is 13.3 Å². The van der Waals surface area contributed by atoms with Gasteiger partial charge >= 0.3 is 0 Å². The Hall–Kier alpha value is -1.16. The number of nitrogens with zero attached hydrogens (tertiary/aromatic N) is 2. The van der Waals surface area contributed by atoms with Crippen molar-refractivity contribution in [2.24, 2.45) is 5.73 Å². The first-order chi connectivity index (χ1) is 6.70. The maximum atomic E-state index is 11.8. The summed E-state index contributed by atoms with van der Waals surface area (Å²) in [6.45, 7) is 4.74. The van der Waals surface area contributed by atoms with Crippen LogP contribution in [0.2, 0.25) is 0 Å².